The van der Waals surface area contributed by atoms with Crippen LogP contribution < -0.4 is 10.2 Å². The lowest BCUT2D eigenvalue weighted by molar-refractivity contribution is -0.135. The first kappa shape index (κ1) is 28.0. The summed E-state index contributed by atoms with van der Waals surface area (Å²) < 4.78 is 29.3. The summed E-state index contributed by atoms with van der Waals surface area (Å²) in [7, 11) is -0.0701. The molecule has 1 saturated heterocycles. The molecule has 1 fully saturated rings. The molecule has 0 saturated carbocycles. The number of nitrogens with zero attached hydrogens (tertiary/aromatic N) is 4. The van der Waals surface area contributed by atoms with Crippen LogP contribution in [0.5, 0.6) is 0 Å². The van der Waals surface area contributed by atoms with Crippen LogP contribution in [0.25, 0.3) is 0 Å². The number of sulfonamides is 1. The lowest BCUT2D eigenvalue weighted by atomic mass is 10.1. The number of benzene rings is 2. The Morgan fingerprint density at radius 3 is 2.37 bits per heavy atom. The van der Waals surface area contributed by atoms with E-state index in [4.69, 9.17) is 0 Å². The predicted octanol–water partition coefficient (Wildman–Crippen LogP) is 2.51. The maximum Gasteiger partial charge on any atom is 0.243 e. The van der Waals surface area contributed by atoms with E-state index in [-0.39, 0.29) is 43.4 Å². The maximum atomic E-state index is 13.6. The summed E-state index contributed by atoms with van der Waals surface area (Å²) in [5, 5.41) is 2.88. The van der Waals surface area contributed by atoms with Gasteiger partial charge in [-0.2, -0.15) is 4.31 Å². The fourth-order valence-electron chi connectivity index (χ4n) is 4.22. The van der Waals surface area contributed by atoms with Crippen molar-refractivity contribution in [3.8, 4) is 0 Å². The highest BCUT2D eigenvalue weighted by molar-refractivity contribution is 14.1. The number of hydrogen-bond acceptors (Lipinski definition) is 6. The topological polar surface area (TPSA) is 103 Å². The number of nitrogens with one attached hydrogen (secondary N) is 1. The zero-order chi connectivity index (χ0) is 27.3. The van der Waals surface area contributed by atoms with E-state index in [1.165, 1.54) is 16.4 Å². The summed E-state index contributed by atoms with van der Waals surface area (Å²) in [6, 6.07) is 18.5. The lowest BCUT2D eigenvalue weighted by Crippen LogP contribution is -2.61. The largest absolute Gasteiger partial charge is 0.378 e. The molecule has 0 bridgehead atoms. The Hall–Kier alpha value is -3.03. The van der Waals surface area contributed by atoms with Crippen LogP contribution in [0.3, 0.4) is 0 Å². The van der Waals surface area contributed by atoms with Crippen molar-refractivity contribution in [2.45, 2.75) is 23.9 Å². The van der Waals surface area contributed by atoms with Crippen LogP contribution in [-0.4, -0.2) is 74.2 Å². The molecule has 1 atom stereocenters. The van der Waals surface area contributed by atoms with Gasteiger partial charge in [-0.25, -0.2) is 8.42 Å². The van der Waals surface area contributed by atoms with Crippen molar-refractivity contribution in [2.75, 3.05) is 38.6 Å². The first-order chi connectivity index (χ1) is 18.1. The summed E-state index contributed by atoms with van der Waals surface area (Å²) in [5.74, 6) is -0.654. The summed E-state index contributed by atoms with van der Waals surface area (Å²) in [6.07, 6.45) is 1.70. The van der Waals surface area contributed by atoms with Crippen LogP contribution in [0.4, 0.5) is 5.69 Å². The van der Waals surface area contributed by atoms with Crippen LogP contribution in [0, 0.1) is 3.57 Å². The third-order valence-electron chi connectivity index (χ3n) is 6.38. The number of carbonyl (C=O) groups excluding carboxylic acids is 2. The van der Waals surface area contributed by atoms with Gasteiger partial charge >= 0.3 is 0 Å². The van der Waals surface area contributed by atoms with Gasteiger partial charge in [-0.15, -0.1) is 0 Å². The van der Waals surface area contributed by atoms with Crippen molar-refractivity contribution >= 4 is 50.1 Å². The number of anilines is 1. The Morgan fingerprint density at radius 2 is 1.74 bits per heavy atom. The Balaban J connectivity index is 1.54. The molecule has 0 radical (unpaired) electrons. The minimum atomic E-state index is -3.97. The molecule has 4 rings (SSSR count). The van der Waals surface area contributed by atoms with E-state index in [0.29, 0.717) is 5.69 Å². The Bertz CT molecular complexity index is 1370. The third kappa shape index (κ3) is 6.69. The summed E-state index contributed by atoms with van der Waals surface area (Å²) in [6.45, 7) is 0.395. The second kappa shape index (κ2) is 12.2. The number of carbonyl (C=O) groups is 2. The van der Waals surface area contributed by atoms with Crippen LogP contribution in [0.15, 0.2) is 77.8 Å². The molecular weight excluding hydrogens is 617 g/mol. The van der Waals surface area contributed by atoms with Gasteiger partial charge in [-0.3, -0.25) is 14.6 Å². The molecule has 2 aromatic carbocycles. The summed E-state index contributed by atoms with van der Waals surface area (Å²) in [5.41, 5.74) is 2.53. The monoisotopic (exact) mass is 647 g/mol. The molecule has 1 aliphatic rings. The Morgan fingerprint density at radius 1 is 1.03 bits per heavy atom. The van der Waals surface area contributed by atoms with Gasteiger partial charge in [-0.05, 0) is 76.7 Å². The van der Waals surface area contributed by atoms with E-state index in [1.807, 2.05) is 49.3 Å². The highest BCUT2D eigenvalue weighted by atomic mass is 127. The fourth-order valence-corrected chi connectivity index (χ4v) is 6.15. The lowest BCUT2D eigenvalue weighted by Gasteiger charge is -2.39. The van der Waals surface area contributed by atoms with Crippen LogP contribution in [0.2, 0.25) is 0 Å². The van der Waals surface area contributed by atoms with Crippen LogP contribution in [0.1, 0.15) is 11.3 Å². The van der Waals surface area contributed by atoms with E-state index in [0.717, 1.165) is 14.8 Å². The van der Waals surface area contributed by atoms with Gasteiger partial charge in [0.15, 0.2) is 0 Å². The first-order valence-electron chi connectivity index (χ1n) is 12.1. The highest BCUT2D eigenvalue weighted by Gasteiger charge is 2.41. The third-order valence-corrected chi connectivity index (χ3v) is 9.03. The van der Waals surface area contributed by atoms with Gasteiger partial charge in [0.1, 0.15) is 6.04 Å². The second-order valence-corrected chi connectivity index (χ2v) is 12.3. The zero-order valence-corrected chi connectivity index (χ0v) is 24.2. The average molecular weight is 648 g/mol. The number of aromatic nitrogens is 1. The number of pyridine rings is 1. The number of amides is 2. The van der Waals surface area contributed by atoms with Gasteiger partial charge in [0, 0.05) is 61.4 Å². The maximum absolute atomic E-state index is 13.6. The SMILES string of the molecule is CN(C)c1ccc(CNC(=O)C2CN(C(=O)Cc3ccccn3)CCN2S(=O)(=O)c2ccc(I)cc2)cc1. The van der Waals surface area contributed by atoms with E-state index >= 15 is 0 Å². The normalized spacial score (nSPS) is 16.2. The van der Waals surface area contributed by atoms with E-state index < -0.39 is 22.0 Å². The minimum Gasteiger partial charge on any atom is -0.378 e. The fraction of sp³-hybridized carbons (Fsp3) is 0.296. The molecule has 9 nitrogen and oxygen atoms in total. The average Bonchev–Trinajstić information content (AvgIpc) is 2.92. The molecule has 2 heterocycles. The molecule has 38 heavy (non-hydrogen) atoms. The Kier molecular flexibility index (Phi) is 9.00. The molecule has 1 aromatic heterocycles. The molecule has 200 valence electrons. The number of halogens is 1. The van der Waals surface area contributed by atoms with Gasteiger partial charge in [-0.1, -0.05) is 18.2 Å². The standard InChI is InChI=1S/C27H30IN5O4S/c1-31(2)23-10-6-20(7-11-23)18-30-27(35)25-19-32(26(34)17-22-5-3-4-14-29-22)15-16-33(25)38(36,37)24-12-8-21(28)9-13-24/h3-14,25H,15-19H2,1-2H3,(H,30,35). The molecule has 3 aromatic rings. The zero-order valence-electron chi connectivity index (χ0n) is 21.2. The van der Waals surface area contributed by atoms with Crippen LogP contribution in [-0.2, 0) is 32.6 Å². The van der Waals surface area contributed by atoms with Gasteiger partial charge in [0.25, 0.3) is 0 Å². The molecule has 1 N–H and O–H groups in total. The number of rotatable bonds is 8. The number of piperazine rings is 1. The van der Waals surface area contributed by atoms with E-state index in [1.54, 1.807) is 35.4 Å². The molecule has 2 amide bonds. The molecule has 1 unspecified atom stereocenters. The minimum absolute atomic E-state index is 0.0118. The van der Waals surface area contributed by atoms with Crippen LogP contribution >= 0.6 is 22.6 Å². The van der Waals surface area contributed by atoms with E-state index in [2.05, 4.69) is 32.9 Å². The highest BCUT2D eigenvalue weighted by Crippen LogP contribution is 2.23. The summed E-state index contributed by atoms with van der Waals surface area (Å²) >= 11 is 2.11. The Labute approximate surface area is 237 Å². The summed E-state index contributed by atoms with van der Waals surface area (Å²) in [4.78, 5) is 34.3. The van der Waals surface area contributed by atoms with Crippen molar-refractivity contribution in [3.63, 3.8) is 0 Å². The predicted molar refractivity (Wildman–Crippen MR) is 154 cm³/mol. The van der Waals surface area contributed by atoms with E-state index in [9.17, 15) is 18.0 Å². The van der Waals surface area contributed by atoms with Crippen molar-refractivity contribution in [2.24, 2.45) is 0 Å². The molecule has 1 aliphatic heterocycles. The van der Waals surface area contributed by atoms with Gasteiger partial charge in [0.05, 0.1) is 11.3 Å². The quantitative estimate of drug-likeness (QED) is 0.378. The first-order valence-corrected chi connectivity index (χ1v) is 14.7. The molecule has 11 heteroatoms. The van der Waals surface area contributed by atoms with Gasteiger partial charge in [0.2, 0.25) is 21.8 Å². The molecular formula is C27H30IN5O4S. The smallest absolute Gasteiger partial charge is 0.243 e. The van der Waals surface area contributed by atoms with Crippen molar-refractivity contribution in [1.82, 2.24) is 19.5 Å². The van der Waals surface area contributed by atoms with Crippen molar-refractivity contribution in [3.05, 3.63) is 87.8 Å². The van der Waals surface area contributed by atoms with Gasteiger partial charge < -0.3 is 15.1 Å². The van der Waals surface area contributed by atoms with Crippen molar-refractivity contribution in [1.29, 1.82) is 0 Å². The molecule has 0 spiro atoms. The number of hydrogen-bond donors (Lipinski definition) is 1. The second-order valence-electron chi connectivity index (χ2n) is 9.20. The molecule has 0 aliphatic carbocycles. The van der Waals surface area contributed by atoms with Crippen molar-refractivity contribution < 1.29 is 18.0 Å².